The van der Waals surface area contributed by atoms with Crippen molar-refractivity contribution in [2.24, 2.45) is 0 Å². The fraction of sp³-hybridized carbons (Fsp3) is 0.586. The zero-order chi connectivity index (χ0) is 24.9. The van der Waals surface area contributed by atoms with Gasteiger partial charge in [-0.25, -0.2) is 0 Å². The molecule has 192 valence electrons. The molecule has 0 saturated carbocycles. The van der Waals surface area contributed by atoms with Crippen molar-refractivity contribution in [1.29, 1.82) is 0 Å². The number of aliphatic hydroxyl groups is 1. The minimum atomic E-state index is -0.563. The van der Waals surface area contributed by atoms with Gasteiger partial charge in [0.1, 0.15) is 0 Å². The standard InChI is InChI=1S/C29H41NO5/c1-6-11-12-13-30-18-23(31)21-17-26(34-9-4)29(35-10-5)28-20-16-25(33-8-3)24(32-7-2)15-19(20)14-22(30)27(21)28/h15-17,22-23,31H,6-14,18H2,1-5H3. The molecule has 2 unspecified atom stereocenters. The predicted octanol–water partition coefficient (Wildman–Crippen LogP) is 6.08. The van der Waals surface area contributed by atoms with E-state index in [4.69, 9.17) is 18.9 Å². The molecule has 6 heteroatoms. The van der Waals surface area contributed by atoms with Crippen molar-refractivity contribution in [3.63, 3.8) is 0 Å². The molecule has 1 aliphatic carbocycles. The lowest BCUT2D eigenvalue weighted by molar-refractivity contribution is 0.0637. The van der Waals surface area contributed by atoms with Crippen LogP contribution in [0.15, 0.2) is 18.2 Å². The Morgan fingerprint density at radius 2 is 1.49 bits per heavy atom. The Balaban J connectivity index is 1.96. The molecule has 0 radical (unpaired) electrons. The number of aliphatic hydroxyl groups excluding tert-OH is 1. The topological polar surface area (TPSA) is 60.4 Å². The van der Waals surface area contributed by atoms with Crippen molar-refractivity contribution in [3.8, 4) is 34.1 Å². The van der Waals surface area contributed by atoms with Crippen molar-refractivity contribution in [3.05, 3.63) is 34.9 Å². The maximum absolute atomic E-state index is 11.3. The molecule has 2 aliphatic rings. The van der Waals surface area contributed by atoms with E-state index in [-0.39, 0.29) is 6.04 Å². The van der Waals surface area contributed by atoms with E-state index in [0.717, 1.165) is 53.3 Å². The number of fused-ring (bicyclic) bond motifs is 2. The van der Waals surface area contributed by atoms with Gasteiger partial charge < -0.3 is 24.1 Å². The molecule has 35 heavy (non-hydrogen) atoms. The van der Waals surface area contributed by atoms with Gasteiger partial charge in [-0.3, -0.25) is 4.90 Å². The average molecular weight is 484 g/mol. The number of β-amino-alcohol motifs (C(OH)–C–C–N with tert-alkyl or cyclic N) is 1. The number of nitrogens with zero attached hydrogens (tertiary/aromatic N) is 1. The highest BCUT2D eigenvalue weighted by molar-refractivity contribution is 5.85. The molecule has 6 nitrogen and oxygen atoms in total. The van der Waals surface area contributed by atoms with Crippen molar-refractivity contribution in [2.45, 2.75) is 72.4 Å². The van der Waals surface area contributed by atoms with Gasteiger partial charge in [-0.15, -0.1) is 0 Å². The van der Waals surface area contributed by atoms with Gasteiger partial charge in [0.05, 0.1) is 32.5 Å². The minimum Gasteiger partial charge on any atom is -0.490 e. The number of hydrogen-bond donors (Lipinski definition) is 1. The van der Waals surface area contributed by atoms with E-state index in [1.807, 2.05) is 33.8 Å². The second kappa shape index (κ2) is 11.5. The predicted molar refractivity (Wildman–Crippen MR) is 139 cm³/mol. The lowest BCUT2D eigenvalue weighted by Gasteiger charge is -2.44. The highest BCUT2D eigenvalue weighted by Gasteiger charge is 2.41. The summed E-state index contributed by atoms with van der Waals surface area (Å²) in [5.74, 6) is 2.97. The maximum Gasteiger partial charge on any atom is 0.169 e. The van der Waals surface area contributed by atoms with Gasteiger partial charge in [0.15, 0.2) is 23.0 Å². The Labute approximate surface area is 210 Å². The normalized spacial score (nSPS) is 18.6. The summed E-state index contributed by atoms with van der Waals surface area (Å²) in [5, 5.41) is 11.3. The summed E-state index contributed by atoms with van der Waals surface area (Å²) in [6.45, 7) is 14.0. The molecule has 1 heterocycles. The van der Waals surface area contributed by atoms with E-state index in [9.17, 15) is 5.11 Å². The highest BCUT2D eigenvalue weighted by Crippen LogP contribution is 2.55. The van der Waals surface area contributed by atoms with Gasteiger partial charge in [0.2, 0.25) is 0 Å². The summed E-state index contributed by atoms with van der Waals surface area (Å²) in [4.78, 5) is 2.46. The smallest absolute Gasteiger partial charge is 0.169 e. The summed E-state index contributed by atoms with van der Waals surface area (Å²) in [6, 6.07) is 6.42. The van der Waals surface area contributed by atoms with Crippen LogP contribution in [0.2, 0.25) is 0 Å². The molecule has 0 fully saturated rings. The molecular formula is C29H41NO5. The first-order valence-electron chi connectivity index (χ1n) is 13.4. The summed E-state index contributed by atoms with van der Waals surface area (Å²) in [5.41, 5.74) is 5.46. The third-order valence-corrected chi connectivity index (χ3v) is 6.95. The van der Waals surface area contributed by atoms with Crippen LogP contribution in [-0.4, -0.2) is 49.5 Å². The molecule has 0 amide bonds. The largest absolute Gasteiger partial charge is 0.490 e. The van der Waals surface area contributed by atoms with E-state index in [1.165, 1.54) is 24.0 Å². The molecule has 2 aromatic carbocycles. The van der Waals surface area contributed by atoms with Crippen LogP contribution < -0.4 is 18.9 Å². The first-order chi connectivity index (χ1) is 17.1. The fourth-order valence-corrected chi connectivity index (χ4v) is 5.55. The second-order valence-electron chi connectivity index (χ2n) is 9.21. The SMILES string of the molecule is CCCCCN1CC(O)c2cc(OCC)c(OCC)c3c2C1Cc1cc(OCC)c(OCC)cc1-3. The monoisotopic (exact) mass is 483 g/mol. The minimum absolute atomic E-state index is 0.176. The summed E-state index contributed by atoms with van der Waals surface area (Å²) < 4.78 is 24.3. The van der Waals surface area contributed by atoms with Gasteiger partial charge in [0.25, 0.3) is 0 Å². The van der Waals surface area contributed by atoms with E-state index in [1.54, 1.807) is 0 Å². The number of hydrogen-bond acceptors (Lipinski definition) is 6. The zero-order valence-corrected chi connectivity index (χ0v) is 22.0. The van der Waals surface area contributed by atoms with E-state index < -0.39 is 6.10 Å². The Bertz CT molecular complexity index is 1020. The third-order valence-electron chi connectivity index (χ3n) is 6.95. The maximum atomic E-state index is 11.3. The van der Waals surface area contributed by atoms with Crippen LogP contribution in [0.25, 0.3) is 11.1 Å². The van der Waals surface area contributed by atoms with Crippen molar-refractivity contribution < 1.29 is 24.1 Å². The lowest BCUT2D eigenvalue weighted by atomic mass is 9.75. The second-order valence-corrected chi connectivity index (χ2v) is 9.21. The van der Waals surface area contributed by atoms with Crippen molar-refractivity contribution in [2.75, 3.05) is 39.5 Å². The Hall–Kier alpha value is -2.44. The fourth-order valence-electron chi connectivity index (χ4n) is 5.55. The summed E-state index contributed by atoms with van der Waals surface area (Å²) in [7, 11) is 0. The molecule has 4 rings (SSSR count). The van der Waals surface area contributed by atoms with Crippen LogP contribution in [0.3, 0.4) is 0 Å². The molecule has 1 aliphatic heterocycles. The Morgan fingerprint density at radius 3 is 2.14 bits per heavy atom. The zero-order valence-electron chi connectivity index (χ0n) is 22.0. The molecule has 2 atom stereocenters. The molecule has 1 N–H and O–H groups in total. The average Bonchev–Trinajstić information content (AvgIpc) is 2.84. The first-order valence-corrected chi connectivity index (χ1v) is 13.4. The van der Waals surface area contributed by atoms with Gasteiger partial charge in [-0.2, -0.15) is 0 Å². The third kappa shape index (κ3) is 4.96. The molecule has 0 saturated heterocycles. The Kier molecular flexibility index (Phi) is 8.45. The van der Waals surface area contributed by atoms with Crippen molar-refractivity contribution >= 4 is 0 Å². The lowest BCUT2D eigenvalue weighted by Crippen LogP contribution is -2.41. The van der Waals surface area contributed by atoms with Crippen LogP contribution in [-0.2, 0) is 6.42 Å². The highest BCUT2D eigenvalue weighted by atomic mass is 16.5. The number of ether oxygens (including phenoxy) is 4. The number of benzene rings is 2. The van der Waals surface area contributed by atoms with Gasteiger partial charge in [0, 0.05) is 18.2 Å². The Morgan fingerprint density at radius 1 is 0.829 bits per heavy atom. The first kappa shape index (κ1) is 25.6. The number of unbranched alkanes of at least 4 members (excludes halogenated alkanes) is 2. The van der Waals surface area contributed by atoms with E-state index >= 15 is 0 Å². The van der Waals surface area contributed by atoms with Crippen molar-refractivity contribution in [1.82, 2.24) is 4.90 Å². The van der Waals surface area contributed by atoms with Crippen LogP contribution >= 0.6 is 0 Å². The van der Waals surface area contributed by atoms with Crippen LogP contribution in [0.1, 0.15) is 82.7 Å². The van der Waals surface area contributed by atoms with Crippen LogP contribution in [0.4, 0.5) is 0 Å². The van der Waals surface area contributed by atoms with E-state index in [2.05, 4.69) is 24.0 Å². The summed E-state index contributed by atoms with van der Waals surface area (Å²) in [6.07, 6.45) is 3.79. The molecule has 0 bridgehead atoms. The molecule has 0 spiro atoms. The van der Waals surface area contributed by atoms with Crippen LogP contribution in [0.5, 0.6) is 23.0 Å². The van der Waals surface area contributed by atoms with Gasteiger partial charge >= 0.3 is 0 Å². The molecular weight excluding hydrogens is 442 g/mol. The van der Waals surface area contributed by atoms with E-state index in [0.29, 0.717) is 38.7 Å². The molecule has 2 aromatic rings. The van der Waals surface area contributed by atoms with Crippen LogP contribution in [0, 0.1) is 0 Å². The van der Waals surface area contributed by atoms with Gasteiger partial charge in [-0.05, 0) is 87.5 Å². The van der Waals surface area contributed by atoms with Gasteiger partial charge in [-0.1, -0.05) is 19.8 Å². The quantitative estimate of drug-likeness (QED) is 0.369. The number of rotatable bonds is 12. The molecule has 0 aromatic heterocycles. The summed E-state index contributed by atoms with van der Waals surface area (Å²) >= 11 is 0.